The first-order valence-corrected chi connectivity index (χ1v) is 8.43. The molecule has 1 N–H and O–H groups in total. The molecule has 2 rings (SSSR count). The number of halogens is 1. The van der Waals surface area contributed by atoms with E-state index in [-0.39, 0.29) is 16.1 Å². The van der Waals surface area contributed by atoms with Crippen LogP contribution in [0.5, 0.6) is 0 Å². The van der Waals surface area contributed by atoms with Gasteiger partial charge in [-0.25, -0.2) is 13.2 Å². The quantitative estimate of drug-likeness (QED) is 0.777. The summed E-state index contributed by atoms with van der Waals surface area (Å²) < 4.78 is 27.0. The number of hydrogen-bond acceptors (Lipinski definition) is 3. The summed E-state index contributed by atoms with van der Waals surface area (Å²) in [5.74, 6) is -1.17. The number of carboxylic acids is 1. The third-order valence-corrected chi connectivity index (χ3v) is 5.45. The molecule has 0 spiro atoms. The van der Waals surface area contributed by atoms with Crippen molar-refractivity contribution < 1.29 is 18.3 Å². The van der Waals surface area contributed by atoms with Crippen LogP contribution in [-0.4, -0.2) is 26.5 Å². The van der Waals surface area contributed by atoms with Gasteiger partial charge in [0.25, 0.3) is 10.0 Å². The molecule has 0 unspecified atom stereocenters. The summed E-state index contributed by atoms with van der Waals surface area (Å²) in [5, 5.41) is 9.16. The molecule has 7 heteroatoms. The lowest BCUT2D eigenvalue weighted by Crippen LogP contribution is -2.28. The summed E-state index contributed by atoms with van der Waals surface area (Å²) in [7, 11) is -2.46. The van der Waals surface area contributed by atoms with Crippen LogP contribution in [0.1, 0.15) is 10.4 Å². The van der Waals surface area contributed by atoms with E-state index in [1.54, 1.807) is 24.3 Å². The van der Waals surface area contributed by atoms with E-state index in [2.05, 4.69) is 22.6 Å². The number of aromatic carboxylic acids is 1. The lowest BCUT2D eigenvalue weighted by Gasteiger charge is -2.21. The van der Waals surface area contributed by atoms with Gasteiger partial charge in [-0.05, 0) is 59.0 Å². The van der Waals surface area contributed by atoms with Gasteiger partial charge in [-0.15, -0.1) is 0 Å². The Labute approximate surface area is 136 Å². The Hall–Kier alpha value is -1.61. The highest BCUT2D eigenvalue weighted by atomic mass is 127. The molecule has 0 atom stereocenters. The lowest BCUT2D eigenvalue weighted by atomic mass is 10.2. The van der Waals surface area contributed by atoms with Crippen LogP contribution in [0.4, 0.5) is 5.69 Å². The first-order valence-electron chi connectivity index (χ1n) is 5.91. The maximum Gasteiger partial charge on any atom is 0.337 e. The molecule has 21 heavy (non-hydrogen) atoms. The number of sulfonamides is 1. The Morgan fingerprint density at radius 2 is 1.67 bits per heavy atom. The van der Waals surface area contributed by atoms with Crippen LogP contribution < -0.4 is 4.31 Å². The van der Waals surface area contributed by atoms with Crippen molar-refractivity contribution in [2.45, 2.75) is 4.90 Å². The number of carboxylic acid groups (broad SMARTS) is 1. The third-order valence-electron chi connectivity index (χ3n) is 2.95. The number of benzene rings is 2. The second-order valence-electron chi connectivity index (χ2n) is 4.25. The summed E-state index contributed by atoms with van der Waals surface area (Å²) in [4.78, 5) is 11.3. The molecular weight excluding hydrogens is 405 g/mol. The second-order valence-corrected chi connectivity index (χ2v) is 7.46. The lowest BCUT2D eigenvalue weighted by molar-refractivity contribution is 0.0698. The maximum atomic E-state index is 12.5. The molecule has 0 radical (unpaired) electrons. The van der Waals surface area contributed by atoms with Crippen molar-refractivity contribution in [3.8, 4) is 0 Å². The van der Waals surface area contributed by atoms with Gasteiger partial charge in [0.2, 0.25) is 0 Å². The van der Waals surface area contributed by atoms with Crippen molar-refractivity contribution in [1.29, 1.82) is 0 Å². The molecule has 0 heterocycles. The van der Waals surface area contributed by atoms with Crippen LogP contribution in [0.2, 0.25) is 0 Å². The fourth-order valence-corrected chi connectivity index (χ4v) is 3.40. The Morgan fingerprint density at radius 3 is 2.24 bits per heavy atom. The summed E-state index contributed by atoms with van der Waals surface area (Å²) in [6.07, 6.45) is 0. The molecule has 0 amide bonds. The van der Waals surface area contributed by atoms with Crippen molar-refractivity contribution >= 4 is 44.3 Å². The molecule has 110 valence electrons. The van der Waals surface area contributed by atoms with Crippen LogP contribution in [0, 0.1) is 3.57 Å². The fourth-order valence-electron chi connectivity index (χ4n) is 1.82. The van der Waals surface area contributed by atoms with Gasteiger partial charge in [-0.1, -0.05) is 12.1 Å². The molecule has 0 aromatic heterocycles. The number of anilines is 1. The summed E-state index contributed by atoms with van der Waals surface area (Å²) in [5.41, 5.74) is 0.0673. The zero-order chi connectivity index (χ0) is 15.6. The number of carbonyl (C=O) groups is 1. The third kappa shape index (κ3) is 3.18. The second kappa shape index (κ2) is 6.02. The van der Waals surface area contributed by atoms with Crippen LogP contribution in [0.3, 0.4) is 0 Å². The zero-order valence-corrected chi connectivity index (χ0v) is 14.0. The predicted octanol–water partition coefficient (Wildman–Crippen LogP) is 2.81. The van der Waals surface area contributed by atoms with E-state index in [4.69, 9.17) is 5.11 Å². The van der Waals surface area contributed by atoms with E-state index in [1.807, 2.05) is 0 Å². The Kier molecular flexibility index (Phi) is 4.52. The van der Waals surface area contributed by atoms with E-state index >= 15 is 0 Å². The van der Waals surface area contributed by atoms with Gasteiger partial charge in [0, 0.05) is 10.6 Å². The number of hydrogen-bond donors (Lipinski definition) is 1. The van der Waals surface area contributed by atoms with Crippen molar-refractivity contribution in [1.82, 2.24) is 0 Å². The molecule has 0 bridgehead atoms. The minimum absolute atomic E-state index is 0.0610. The average molecular weight is 417 g/mol. The highest BCUT2D eigenvalue weighted by Crippen LogP contribution is 2.25. The van der Waals surface area contributed by atoms with Crippen molar-refractivity contribution in [3.63, 3.8) is 0 Å². The Morgan fingerprint density at radius 1 is 1.10 bits per heavy atom. The van der Waals surface area contributed by atoms with Gasteiger partial charge in [0.15, 0.2) is 0 Å². The van der Waals surface area contributed by atoms with Crippen LogP contribution in [0.25, 0.3) is 0 Å². The molecule has 0 saturated heterocycles. The Bertz CT molecular complexity index is 772. The number of para-hydroxylation sites is 1. The van der Waals surface area contributed by atoms with E-state index in [9.17, 15) is 13.2 Å². The van der Waals surface area contributed by atoms with Crippen LogP contribution in [-0.2, 0) is 10.0 Å². The van der Waals surface area contributed by atoms with Gasteiger partial charge in [0.1, 0.15) is 0 Å². The summed E-state index contributed by atoms with van der Waals surface area (Å²) in [6.45, 7) is 0. The number of rotatable bonds is 4. The maximum absolute atomic E-state index is 12.5. The minimum Gasteiger partial charge on any atom is -0.478 e. The fraction of sp³-hybridized carbons (Fsp3) is 0.0714. The SMILES string of the molecule is CN(c1ccccc1C(=O)O)S(=O)(=O)c1ccc(I)cc1. The van der Waals surface area contributed by atoms with Crippen LogP contribution in [0.15, 0.2) is 53.4 Å². The minimum atomic E-state index is -3.80. The van der Waals surface area contributed by atoms with E-state index < -0.39 is 16.0 Å². The highest BCUT2D eigenvalue weighted by Gasteiger charge is 2.24. The predicted molar refractivity (Wildman–Crippen MR) is 88.1 cm³/mol. The summed E-state index contributed by atoms with van der Waals surface area (Å²) in [6, 6.07) is 12.4. The van der Waals surface area contributed by atoms with Crippen molar-refractivity contribution in [2.24, 2.45) is 0 Å². The molecule has 5 nitrogen and oxygen atoms in total. The molecule has 2 aromatic rings. The van der Waals surface area contributed by atoms with Gasteiger partial charge >= 0.3 is 5.97 Å². The first kappa shape index (κ1) is 15.8. The van der Waals surface area contributed by atoms with Crippen LogP contribution >= 0.6 is 22.6 Å². The zero-order valence-electron chi connectivity index (χ0n) is 11.0. The van der Waals surface area contributed by atoms with Crippen molar-refractivity contribution in [3.05, 3.63) is 57.7 Å². The molecule has 2 aromatic carbocycles. The van der Waals surface area contributed by atoms with Gasteiger partial charge in [-0.2, -0.15) is 0 Å². The Balaban J connectivity index is 2.51. The molecule has 0 fully saturated rings. The average Bonchev–Trinajstić information content (AvgIpc) is 2.46. The van der Waals surface area contributed by atoms with Gasteiger partial charge in [0.05, 0.1) is 16.1 Å². The molecule has 0 saturated carbocycles. The topological polar surface area (TPSA) is 74.7 Å². The van der Waals surface area contributed by atoms with Gasteiger partial charge in [-0.3, -0.25) is 4.31 Å². The normalized spacial score (nSPS) is 11.1. The summed E-state index contributed by atoms with van der Waals surface area (Å²) >= 11 is 2.08. The largest absolute Gasteiger partial charge is 0.478 e. The monoisotopic (exact) mass is 417 g/mol. The molecule has 0 aliphatic carbocycles. The molecular formula is C14H12INO4S. The highest BCUT2D eigenvalue weighted by molar-refractivity contribution is 14.1. The smallest absolute Gasteiger partial charge is 0.337 e. The molecule has 0 aliphatic heterocycles. The van der Waals surface area contributed by atoms with Crippen molar-refractivity contribution in [2.75, 3.05) is 11.4 Å². The molecule has 0 aliphatic rings. The van der Waals surface area contributed by atoms with Gasteiger partial charge < -0.3 is 5.11 Å². The van der Waals surface area contributed by atoms with E-state index in [1.165, 1.54) is 31.3 Å². The van der Waals surface area contributed by atoms with E-state index in [0.29, 0.717) is 0 Å². The number of nitrogens with zero attached hydrogens (tertiary/aromatic N) is 1. The standard InChI is InChI=1S/C14H12INO4S/c1-16(13-5-3-2-4-12(13)14(17)18)21(19,20)11-8-6-10(15)7-9-11/h2-9H,1H3,(H,17,18). The van der Waals surface area contributed by atoms with E-state index in [0.717, 1.165) is 7.88 Å². The first-order chi connectivity index (χ1) is 9.84.